The van der Waals surface area contributed by atoms with Crippen molar-refractivity contribution in [3.63, 3.8) is 0 Å². The fraction of sp³-hybridized carbons (Fsp3) is 0.143. The van der Waals surface area contributed by atoms with Gasteiger partial charge in [-0.2, -0.15) is 0 Å². The maximum Gasteiger partial charge on any atom is 0.318 e. The van der Waals surface area contributed by atoms with Crippen LogP contribution < -0.4 is 10.1 Å². The summed E-state index contributed by atoms with van der Waals surface area (Å²) in [6, 6.07) is 16.6. The van der Waals surface area contributed by atoms with Crippen LogP contribution in [0.1, 0.15) is 16.7 Å². The van der Waals surface area contributed by atoms with Gasteiger partial charge in [0, 0.05) is 23.9 Å². The molecule has 3 aromatic rings. The monoisotopic (exact) mass is 393 g/mol. The van der Waals surface area contributed by atoms with Gasteiger partial charge in [-0.05, 0) is 43.2 Å². The van der Waals surface area contributed by atoms with Gasteiger partial charge in [0.1, 0.15) is 5.75 Å². The van der Waals surface area contributed by atoms with Crippen LogP contribution >= 0.6 is 0 Å². The third-order valence-electron chi connectivity index (χ3n) is 4.40. The highest BCUT2D eigenvalue weighted by Crippen LogP contribution is 2.35. The zero-order valence-electron chi connectivity index (χ0n) is 15.9. The number of benzene rings is 3. The lowest BCUT2D eigenvalue weighted by Crippen LogP contribution is -2.03. The van der Waals surface area contributed by atoms with Gasteiger partial charge in [0.05, 0.1) is 15.9 Å². The van der Waals surface area contributed by atoms with Crippen LogP contribution in [0.25, 0.3) is 0 Å². The Balaban J connectivity index is 1.87. The number of para-hydroxylation sites is 1. The van der Waals surface area contributed by atoms with E-state index in [0.29, 0.717) is 12.3 Å². The van der Waals surface area contributed by atoms with E-state index in [1.165, 1.54) is 12.1 Å². The average Bonchev–Trinajstić information content (AvgIpc) is 2.69. The van der Waals surface area contributed by atoms with E-state index >= 15 is 0 Å². The number of non-ortho nitro benzene ring substituents is 1. The number of nitro groups is 2. The van der Waals surface area contributed by atoms with E-state index in [-0.39, 0.29) is 11.4 Å². The second-order valence-electron chi connectivity index (χ2n) is 6.55. The predicted molar refractivity (Wildman–Crippen MR) is 110 cm³/mol. The van der Waals surface area contributed by atoms with Crippen molar-refractivity contribution in [3.8, 4) is 11.5 Å². The van der Waals surface area contributed by atoms with Crippen LogP contribution in [0.2, 0.25) is 0 Å². The number of rotatable bonds is 7. The van der Waals surface area contributed by atoms with Crippen LogP contribution in [0.5, 0.6) is 11.5 Å². The maximum atomic E-state index is 11.3. The van der Waals surface area contributed by atoms with Crippen LogP contribution in [0.15, 0.2) is 60.7 Å². The molecule has 3 aromatic carbocycles. The Morgan fingerprint density at radius 2 is 1.66 bits per heavy atom. The summed E-state index contributed by atoms with van der Waals surface area (Å²) < 4.78 is 5.77. The van der Waals surface area contributed by atoms with Crippen molar-refractivity contribution < 1.29 is 14.6 Å². The third-order valence-corrected chi connectivity index (χ3v) is 4.40. The summed E-state index contributed by atoms with van der Waals surface area (Å²) in [5, 5.41) is 25.6. The molecule has 8 heteroatoms. The predicted octanol–water partition coefficient (Wildman–Crippen LogP) is 5.52. The molecule has 0 aliphatic rings. The first-order chi connectivity index (χ1) is 13.8. The molecule has 0 unspecified atom stereocenters. The van der Waals surface area contributed by atoms with E-state index in [4.69, 9.17) is 4.74 Å². The molecule has 29 heavy (non-hydrogen) atoms. The molecule has 0 atom stereocenters. The van der Waals surface area contributed by atoms with Gasteiger partial charge in [0.25, 0.3) is 5.69 Å². The fourth-order valence-electron chi connectivity index (χ4n) is 2.83. The standard InChI is InChI=1S/C21H19N3O5/c1-14-7-8-15(2)18(11-14)22-13-16-5-3-4-6-20(16)29-21-10-9-17(23(25)26)12-19(21)24(27)28/h3-12,22H,13H2,1-2H3. The first-order valence-corrected chi connectivity index (χ1v) is 8.85. The van der Waals surface area contributed by atoms with E-state index in [0.717, 1.165) is 28.4 Å². The highest BCUT2D eigenvalue weighted by molar-refractivity contribution is 5.56. The molecule has 0 bridgehead atoms. The van der Waals surface area contributed by atoms with Crippen molar-refractivity contribution in [2.24, 2.45) is 0 Å². The molecule has 0 fully saturated rings. The SMILES string of the molecule is Cc1ccc(C)c(NCc2ccccc2Oc2ccc([N+](=O)[O-])cc2[N+](=O)[O-])c1. The van der Waals surface area contributed by atoms with E-state index in [2.05, 4.69) is 5.32 Å². The lowest BCUT2D eigenvalue weighted by Gasteiger charge is -2.14. The maximum absolute atomic E-state index is 11.3. The Kier molecular flexibility index (Phi) is 5.73. The molecular weight excluding hydrogens is 374 g/mol. The Labute approximate surface area is 167 Å². The number of aryl methyl sites for hydroxylation is 2. The average molecular weight is 393 g/mol. The summed E-state index contributed by atoms with van der Waals surface area (Å²) in [5.74, 6) is 0.377. The smallest absolute Gasteiger partial charge is 0.318 e. The van der Waals surface area contributed by atoms with Gasteiger partial charge in [0.15, 0.2) is 0 Å². The molecule has 0 spiro atoms. The minimum Gasteiger partial charge on any atom is -0.450 e. The van der Waals surface area contributed by atoms with Crippen LogP contribution in [0.3, 0.4) is 0 Å². The molecule has 0 saturated carbocycles. The molecule has 0 aromatic heterocycles. The summed E-state index contributed by atoms with van der Waals surface area (Å²) in [6.45, 7) is 4.46. The Bertz CT molecular complexity index is 1080. The Morgan fingerprint density at radius 1 is 0.897 bits per heavy atom. The largest absolute Gasteiger partial charge is 0.450 e. The van der Waals surface area contributed by atoms with Gasteiger partial charge in [-0.1, -0.05) is 30.3 Å². The third kappa shape index (κ3) is 4.67. The molecule has 0 amide bonds. The summed E-state index contributed by atoms with van der Waals surface area (Å²) in [6.07, 6.45) is 0. The van der Waals surface area contributed by atoms with E-state index in [1.807, 2.05) is 44.2 Å². The van der Waals surface area contributed by atoms with Gasteiger partial charge in [-0.25, -0.2) is 0 Å². The molecule has 8 nitrogen and oxygen atoms in total. The van der Waals surface area contributed by atoms with Crippen molar-refractivity contribution in [1.29, 1.82) is 0 Å². The fourth-order valence-corrected chi connectivity index (χ4v) is 2.83. The van der Waals surface area contributed by atoms with Gasteiger partial charge in [0.2, 0.25) is 5.75 Å². The number of hydrogen-bond donors (Lipinski definition) is 1. The number of nitrogens with zero attached hydrogens (tertiary/aromatic N) is 2. The van der Waals surface area contributed by atoms with Crippen LogP contribution in [0.4, 0.5) is 17.1 Å². The van der Waals surface area contributed by atoms with Crippen molar-refractivity contribution in [1.82, 2.24) is 0 Å². The molecular formula is C21H19N3O5. The summed E-state index contributed by atoms with van der Waals surface area (Å²) >= 11 is 0. The second-order valence-corrected chi connectivity index (χ2v) is 6.55. The minimum atomic E-state index is -0.695. The van der Waals surface area contributed by atoms with Gasteiger partial charge in [-0.15, -0.1) is 0 Å². The van der Waals surface area contributed by atoms with Crippen molar-refractivity contribution in [3.05, 3.63) is 97.6 Å². The molecule has 1 N–H and O–H groups in total. The molecule has 0 saturated heterocycles. The van der Waals surface area contributed by atoms with Crippen molar-refractivity contribution in [2.45, 2.75) is 20.4 Å². The Hall–Kier alpha value is -3.94. The number of nitro benzene ring substituents is 2. The lowest BCUT2D eigenvalue weighted by atomic mass is 10.1. The lowest BCUT2D eigenvalue weighted by molar-refractivity contribution is -0.394. The first kappa shape index (κ1) is 19.8. The summed E-state index contributed by atoms with van der Waals surface area (Å²) in [7, 11) is 0. The summed E-state index contributed by atoms with van der Waals surface area (Å²) in [4.78, 5) is 20.9. The molecule has 148 valence electrons. The van der Waals surface area contributed by atoms with E-state index < -0.39 is 15.5 Å². The zero-order chi connectivity index (χ0) is 21.0. The highest BCUT2D eigenvalue weighted by Gasteiger charge is 2.21. The molecule has 0 radical (unpaired) electrons. The number of anilines is 1. The van der Waals surface area contributed by atoms with Gasteiger partial charge >= 0.3 is 5.69 Å². The van der Waals surface area contributed by atoms with Gasteiger partial charge < -0.3 is 10.1 Å². The van der Waals surface area contributed by atoms with Crippen LogP contribution in [0, 0.1) is 34.1 Å². The Morgan fingerprint density at radius 3 is 2.38 bits per heavy atom. The number of ether oxygens (including phenoxy) is 1. The van der Waals surface area contributed by atoms with Crippen LogP contribution in [-0.2, 0) is 6.54 Å². The molecule has 0 aliphatic heterocycles. The minimum absolute atomic E-state index is 0.0558. The molecule has 0 aliphatic carbocycles. The highest BCUT2D eigenvalue weighted by atomic mass is 16.6. The zero-order valence-corrected chi connectivity index (χ0v) is 15.9. The normalized spacial score (nSPS) is 10.4. The quantitative estimate of drug-likeness (QED) is 0.418. The topological polar surface area (TPSA) is 108 Å². The molecule has 0 heterocycles. The number of nitrogens with one attached hydrogen (secondary N) is 1. The van der Waals surface area contributed by atoms with Crippen LogP contribution in [-0.4, -0.2) is 9.85 Å². The first-order valence-electron chi connectivity index (χ1n) is 8.85. The second kappa shape index (κ2) is 8.39. The van der Waals surface area contributed by atoms with Crippen molar-refractivity contribution in [2.75, 3.05) is 5.32 Å². The van der Waals surface area contributed by atoms with Crippen molar-refractivity contribution >= 4 is 17.1 Å². The number of hydrogen-bond acceptors (Lipinski definition) is 6. The summed E-state index contributed by atoms with van der Waals surface area (Å²) in [5.41, 5.74) is 3.18. The molecule has 3 rings (SSSR count). The van der Waals surface area contributed by atoms with Gasteiger partial charge in [-0.3, -0.25) is 20.2 Å². The van der Waals surface area contributed by atoms with E-state index in [1.54, 1.807) is 12.1 Å². The van der Waals surface area contributed by atoms with E-state index in [9.17, 15) is 20.2 Å².